The second kappa shape index (κ2) is 6.47. The number of fused-ring (bicyclic) bond motifs is 1. The summed E-state index contributed by atoms with van der Waals surface area (Å²) >= 11 is 0. The number of hydrogen-bond donors (Lipinski definition) is 1. The molecule has 0 fully saturated rings. The van der Waals surface area contributed by atoms with Gasteiger partial charge in [0.1, 0.15) is 11.5 Å². The van der Waals surface area contributed by atoms with Crippen molar-refractivity contribution in [1.82, 2.24) is 10.3 Å². The van der Waals surface area contributed by atoms with Crippen molar-refractivity contribution in [3.8, 4) is 11.5 Å². The maximum atomic E-state index is 12.1. The van der Waals surface area contributed by atoms with Crippen LogP contribution in [0.3, 0.4) is 0 Å². The van der Waals surface area contributed by atoms with Gasteiger partial charge in [-0.2, -0.15) is 0 Å². The number of para-hydroxylation sites is 1. The number of carbonyl (C=O) groups is 1. The number of nitrogens with one attached hydrogen (secondary N) is 1. The molecular weight excluding hydrogens is 280 g/mol. The van der Waals surface area contributed by atoms with E-state index in [0.29, 0.717) is 12.4 Å². The molecule has 2 aromatic rings. The Morgan fingerprint density at radius 1 is 1.36 bits per heavy atom. The normalized spacial score (nSPS) is 16.3. The number of benzene rings is 1. The van der Waals surface area contributed by atoms with E-state index in [1.807, 2.05) is 37.3 Å². The summed E-state index contributed by atoms with van der Waals surface area (Å²) in [5.41, 5.74) is 1.93. The van der Waals surface area contributed by atoms with E-state index in [1.54, 1.807) is 12.3 Å². The molecule has 1 aliphatic heterocycles. The Hall–Kier alpha value is -2.56. The molecule has 0 spiro atoms. The molecule has 1 N–H and O–H groups in total. The van der Waals surface area contributed by atoms with Crippen molar-refractivity contribution >= 4 is 5.91 Å². The molecule has 0 saturated heterocycles. The zero-order chi connectivity index (χ0) is 15.4. The van der Waals surface area contributed by atoms with Gasteiger partial charge in [-0.1, -0.05) is 18.2 Å². The van der Waals surface area contributed by atoms with E-state index in [-0.39, 0.29) is 18.6 Å². The minimum absolute atomic E-state index is 0.0235. The van der Waals surface area contributed by atoms with Crippen molar-refractivity contribution in [3.05, 3.63) is 53.9 Å². The van der Waals surface area contributed by atoms with Gasteiger partial charge in [-0.05, 0) is 25.1 Å². The lowest BCUT2D eigenvalue weighted by atomic mass is 10.0. The Morgan fingerprint density at radius 2 is 2.23 bits per heavy atom. The maximum absolute atomic E-state index is 12.1. The van der Waals surface area contributed by atoms with Gasteiger partial charge < -0.3 is 14.8 Å². The molecule has 1 unspecified atom stereocenters. The lowest BCUT2D eigenvalue weighted by Gasteiger charge is -2.26. The number of aryl methyl sites for hydroxylation is 1. The van der Waals surface area contributed by atoms with Crippen molar-refractivity contribution in [2.45, 2.75) is 19.4 Å². The minimum atomic E-state index is -0.151. The first-order chi connectivity index (χ1) is 10.7. The summed E-state index contributed by atoms with van der Waals surface area (Å²) in [6.07, 6.45) is 2.38. The number of rotatable bonds is 4. The summed E-state index contributed by atoms with van der Waals surface area (Å²) in [7, 11) is 0. The molecular formula is C17H18N2O3. The number of nitrogens with zero attached hydrogens (tertiary/aromatic N) is 1. The van der Waals surface area contributed by atoms with Crippen molar-refractivity contribution in [1.29, 1.82) is 0 Å². The Bertz CT molecular complexity index is 655. The van der Waals surface area contributed by atoms with Gasteiger partial charge in [0, 0.05) is 17.7 Å². The number of pyridine rings is 1. The molecule has 114 valence electrons. The van der Waals surface area contributed by atoms with Gasteiger partial charge in [-0.25, -0.2) is 0 Å². The number of hydrogen-bond acceptors (Lipinski definition) is 4. The van der Waals surface area contributed by atoms with Crippen LogP contribution < -0.4 is 14.8 Å². The zero-order valence-corrected chi connectivity index (χ0v) is 12.4. The molecule has 2 heterocycles. The van der Waals surface area contributed by atoms with Crippen LogP contribution in [0.1, 0.15) is 23.7 Å². The third-order valence-corrected chi connectivity index (χ3v) is 3.55. The summed E-state index contributed by atoms with van der Waals surface area (Å²) in [6.45, 7) is 2.48. The SMILES string of the molecule is Cc1ccc(OCC(=O)NC2CCOc3ccccc32)cn1. The summed E-state index contributed by atoms with van der Waals surface area (Å²) in [4.78, 5) is 16.2. The van der Waals surface area contributed by atoms with Gasteiger partial charge in [0.25, 0.3) is 5.91 Å². The average Bonchev–Trinajstić information content (AvgIpc) is 2.55. The smallest absolute Gasteiger partial charge is 0.258 e. The lowest BCUT2D eigenvalue weighted by molar-refractivity contribution is -0.124. The Kier molecular flexibility index (Phi) is 4.23. The Morgan fingerprint density at radius 3 is 3.05 bits per heavy atom. The molecule has 1 atom stereocenters. The van der Waals surface area contributed by atoms with Crippen LogP contribution in [-0.4, -0.2) is 24.1 Å². The van der Waals surface area contributed by atoms with Crippen molar-refractivity contribution in [2.24, 2.45) is 0 Å². The summed E-state index contributed by atoms with van der Waals surface area (Å²) in [5, 5.41) is 2.99. The summed E-state index contributed by atoms with van der Waals surface area (Å²) in [5.74, 6) is 1.28. The van der Waals surface area contributed by atoms with Gasteiger partial charge in [0.05, 0.1) is 18.8 Å². The maximum Gasteiger partial charge on any atom is 0.258 e. The van der Waals surface area contributed by atoms with Crippen LogP contribution in [0.5, 0.6) is 11.5 Å². The number of carbonyl (C=O) groups excluding carboxylic acids is 1. The highest BCUT2D eigenvalue weighted by Gasteiger charge is 2.22. The zero-order valence-electron chi connectivity index (χ0n) is 12.4. The summed E-state index contributed by atoms with van der Waals surface area (Å²) < 4.78 is 11.0. The van der Waals surface area contributed by atoms with Crippen LogP contribution in [0.4, 0.5) is 0 Å². The average molecular weight is 298 g/mol. The third-order valence-electron chi connectivity index (χ3n) is 3.55. The van der Waals surface area contributed by atoms with Crippen LogP contribution in [0.2, 0.25) is 0 Å². The Balaban J connectivity index is 1.57. The third kappa shape index (κ3) is 3.36. The van der Waals surface area contributed by atoms with E-state index in [4.69, 9.17) is 9.47 Å². The van der Waals surface area contributed by atoms with Crippen LogP contribution in [0, 0.1) is 6.92 Å². The molecule has 0 bridgehead atoms. The topological polar surface area (TPSA) is 60.5 Å². The predicted molar refractivity (Wildman–Crippen MR) is 81.9 cm³/mol. The van der Waals surface area contributed by atoms with Gasteiger partial charge in [-0.3, -0.25) is 9.78 Å². The summed E-state index contributed by atoms with van der Waals surface area (Å²) in [6, 6.07) is 11.4. The van der Waals surface area contributed by atoms with Crippen molar-refractivity contribution in [3.63, 3.8) is 0 Å². The quantitative estimate of drug-likeness (QED) is 0.941. The molecule has 1 aromatic heterocycles. The molecule has 5 heteroatoms. The monoisotopic (exact) mass is 298 g/mol. The van der Waals surface area contributed by atoms with Crippen LogP contribution in [0.25, 0.3) is 0 Å². The van der Waals surface area contributed by atoms with Crippen LogP contribution in [-0.2, 0) is 4.79 Å². The molecule has 0 radical (unpaired) electrons. The van der Waals surface area contributed by atoms with Crippen LogP contribution in [0.15, 0.2) is 42.6 Å². The van der Waals surface area contributed by atoms with Crippen molar-refractivity contribution in [2.75, 3.05) is 13.2 Å². The Labute approximate surface area is 129 Å². The molecule has 3 rings (SSSR count). The number of amides is 1. The number of ether oxygens (including phenoxy) is 2. The second-order valence-corrected chi connectivity index (χ2v) is 5.22. The molecule has 22 heavy (non-hydrogen) atoms. The molecule has 1 aromatic carbocycles. The minimum Gasteiger partial charge on any atom is -0.493 e. The largest absolute Gasteiger partial charge is 0.493 e. The molecule has 0 aliphatic carbocycles. The highest BCUT2D eigenvalue weighted by atomic mass is 16.5. The fraction of sp³-hybridized carbons (Fsp3) is 0.294. The van der Waals surface area contributed by atoms with Crippen LogP contribution >= 0.6 is 0 Å². The van der Waals surface area contributed by atoms with E-state index in [9.17, 15) is 4.79 Å². The molecule has 1 aliphatic rings. The molecule has 5 nitrogen and oxygen atoms in total. The van der Waals surface area contributed by atoms with E-state index in [2.05, 4.69) is 10.3 Å². The standard InChI is InChI=1S/C17H18N2O3/c1-12-6-7-13(10-18-12)22-11-17(20)19-15-8-9-21-16-5-3-2-4-14(15)16/h2-7,10,15H,8-9,11H2,1H3,(H,19,20). The van der Waals surface area contributed by atoms with Gasteiger partial charge in [0.2, 0.25) is 0 Å². The highest BCUT2D eigenvalue weighted by molar-refractivity contribution is 5.78. The fourth-order valence-corrected chi connectivity index (χ4v) is 2.42. The first-order valence-corrected chi connectivity index (χ1v) is 7.29. The fourth-order valence-electron chi connectivity index (χ4n) is 2.42. The van der Waals surface area contributed by atoms with Gasteiger partial charge in [0.15, 0.2) is 6.61 Å². The van der Waals surface area contributed by atoms with E-state index in [0.717, 1.165) is 23.4 Å². The lowest BCUT2D eigenvalue weighted by Crippen LogP contribution is -2.35. The first kappa shape index (κ1) is 14.4. The first-order valence-electron chi connectivity index (χ1n) is 7.29. The van der Waals surface area contributed by atoms with Crippen molar-refractivity contribution < 1.29 is 14.3 Å². The van der Waals surface area contributed by atoms with Gasteiger partial charge >= 0.3 is 0 Å². The van der Waals surface area contributed by atoms with E-state index >= 15 is 0 Å². The van der Waals surface area contributed by atoms with E-state index < -0.39 is 0 Å². The number of aromatic nitrogens is 1. The molecule has 0 saturated carbocycles. The van der Waals surface area contributed by atoms with Gasteiger partial charge in [-0.15, -0.1) is 0 Å². The highest BCUT2D eigenvalue weighted by Crippen LogP contribution is 2.31. The molecule has 1 amide bonds. The second-order valence-electron chi connectivity index (χ2n) is 5.22. The van der Waals surface area contributed by atoms with E-state index in [1.165, 1.54) is 0 Å². The predicted octanol–water partition coefficient (Wildman–Crippen LogP) is 2.41.